The monoisotopic (exact) mass is 273 g/mol. The van der Waals surface area contributed by atoms with Crippen LogP contribution < -0.4 is 14.8 Å². The topological polar surface area (TPSA) is 95.1 Å². The standard InChI is InChI=1S/C11H15NO3.ClH.N2/c1-3-14-9-5-6-11(15-4-2)10(7-9)12-8-13;;1-2/h5-8H,3-4H2,1-2H3,(H,12,13);1H;. The van der Waals surface area contributed by atoms with Gasteiger partial charge in [0.15, 0.2) is 0 Å². The molecule has 1 rings (SSSR count). The minimum atomic E-state index is 0. The van der Waals surface area contributed by atoms with Crippen LogP contribution >= 0.6 is 12.4 Å². The predicted octanol–water partition coefficient (Wildman–Crippen LogP) is 2.50. The van der Waals surface area contributed by atoms with E-state index in [0.717, 1.165) is 0 Å². The van der Waals surface area contributed by atoms with E-state index in [1.807, 2.05) is 19.9 Å². The van der Waals surface area contributed by atoms with Crippen molar-refractivity contribution in [3.63, 3.8) is 0 Å². The van der Waals surface area contributed by atoms with Gasteiger partial charge >= 0.3 is 0 Å². The van der Waals surface area contributed by atoms with Crippen LogP contribution in [0.1, 0.15) is 13.8 Å². The molecular weight excluding hydrogens is 258 g/mol. The maximum Gasteiger partial charge on any atom is 0.211 e. The summed E-state index contributed by atoms with van der Waals surface area (Å²) in [6, 6.07) is 5.33. The van der Waals surface area contributed by atoms with Crippen molar-refractivity contribution in [3.05, 3.63) is 18.2 Å². The lowest BCUT2D eigenvalue weighted by Gasteiger charge is -2.11. The van der Waals surface area contributed by atoms with Crippen molar-refractivity contribution in [1.82, 2.24) is 0 Å². The van der Waals surface area contributed by atoms with Crippen molar-refractivity contribution < 1.29 is 14.3 Å². The molecular formula is C11H16ClN3O3. The van der Waals surface area contributed by atoms with Gasteiger partial charge in [-0.15, -0.1) is 12.4 Å². The quantitative estimate of drug-likeness (QED) is 0.635. The molecule has 1 aromatic carbocycles. The third kappa shape index (κ3) is 5.92. The van der Waals surface area contributed by atoms with Gasteiger partial charge in [0, 0.05) is 16.9 Å². The molecule has 1 N–H and O–H groups in total. The molecule has 1 amide bonds. The fraction of sp³-hybridized carbons (Fsp3) is 0.364. The van der Waals surface area contributed by atoms with Gasteiger partial charge in [0.2, 0.25) is 6.41 Å². The predicted molar refractivity (Wildman–Crippen MR) is 69.2 cm³/mol. The minimum Gasteiger partial charge on any atom is -0.494 e. The summed E-state index contributed by atoms with van der Waals surface area (Å²) in [6.07, 6.45) is 0.619. The first kappa shape index (κ1) is 18.4. The lowest BCUT2D eigenvalue weighted by atomic mass is 10.2. The Morgan fingerprint density at radius 1 is 1.22 bits per heavy atom. The molecule has 0 aromatic heterocycles. The average Bonchev–Trinajstić information content (AvgIpc) is 2.36. The molecule has 0 atom stereocenters. The van der Waals surface area contributed by atoms with Gasteiger partial charge in [0.25, 0.3) is 0 Å². The van der Waals surface area contributed by atoms with Gasteiger partial charge < -0.3 is 14.8 Å². The van der Waals surface area contributed by atoms with Crippen LogP contribution in [0, 0.1) is 10.8 Å². The van der Waals surface area contributed by atoms with Crippen LogP contribution in [-0.4, -0.2) is 19.6 Å². The highest BCUT2D eigenvalue weighted by molar-refractivity contribution is 5.85. The number of hydrogen-bond acceptors (Lipinski definition) is 5. The molecule has 0 bridgehead atoms. The van der Waals surface area contributed by atoms with Crippen molar-refractivity contribution in [2.75, 3.05) is 18.5 Å². The molecule has 0 saturated heterocycles. The van der Waals surface area contributed by atoms with E-state index in [4.69, 9.17) is 20.3 Å². The Balaban J connectivity index is 0. The maximum atomic E-state index is 10.4. The van der Waals surface area contributed by atoms with Crippen LogP contribution in [-0.2, 0) is 4.79 Å². The number of benzene rings is 1. The van der Waals surface area contributed by atoms with Gasteiger partial charge in [-0.2, -0.15) is 0 Å². The number of nitrogens with one attached hydrogen (secondary N) is 1. The zero-order chi connectivity index (χ0) is 13.1. The summed E-state index contributed by atoms with van der Waals surface area (Å²) in [4.78, 5) is 10.4. The van der Waals surface area contributed by atoms with Crippen LogP contribution in [0.15, 0.2) is 18.2 Å². The van der Waals surface area contributed by atoms with Crippen LogP contribution in [0.25, 0.3) is 0 Å². The van der Waals surface area contributed by atoms with E-state index in [1.54, 1.807) is 12.1 Å². The molecule has 0 saturated carbocycles. The second kappa shape index (κ2) is 11.5. The first-order valence-corrected chi connectivity index (χ1v) is 5.11. The summed E-state index contributed by atoms with van der Waals surface area (Å²) in [5.41, 5.74) is 0.623. The summed E-state index contributed by atoms with van der Waals surface area (Å²) < 4.78 is 10.7. The Morgan fingerprint density at radius 2 is 1.83 bits per heavy atom. The van der Waals surface area contributed by atoms with Gasteiger partial charge in [-0.3, -0.25) is 4.79 Å². The largest absolute Gasteiger partial charge is 0.494 e. The number of halogens is 1. The molecule has 0 fully saturated rings. The van der Waals surface area contributed by atoms with E-state index in [2.05, 4.69) is 5.32 Å². The molecule has 0 radical (unpaired) electrons. The summed E-state index contributed by atoms with van der Waals surface area (Å²) >= 11 is 0. The van der Waals surface area contributed by atoms with Crippen LogP contribution in [0.5, 0.6) is 11.5 Å². The van der Waals surface area contributed by atoms with E-state index >= 15 is 0 Å². The van der Waals surface area contributed by atoms with Crippen LogP contribution in [0.3, 0.4) is 0 Å². The third-order valence-corrected chi connectivity index (χ3v) is 1.78. The van der Waals surface area contributed by atoms with Crippen LogP contribution in [0.4, 0.5) is 5.69 Å². The van der Waals surface area contributed by atoms with Crippen LogP contribution in [0.2, 0.25) is 0 Å². The minimum absolute atomic E-state index is 0. The smallest absolute Gasteiger partial charge is 0.211 e. The van der Waals surface area contributed by atoms with E-state index in [-0.39, 0.29) is 12.4 Å². The molecule has 100 valence electrons. The number of nitrogens with zero attached hydrogens (tertiary/aromatic N) is 2. The highest BCUT2D eigenvalue weighted by atomic mass is 35.5. The number of anilines is 1. The molecule has 1 aromatic rings. The van der Waals surface area contributed by atoms with E-state index < -0.39 is 0 Å². The van der Waals surface area contributed by atoms with Gasteiger partial charge in [-0.05, 0) is 26.0 Å². The maximum absolute atomic E-state index is 10.4. The Kier molecular flexibility index (Phi) is 11.7. The summed E-state index contributed by atoms with van der Waals surface area (Å²) in [7, 11) is 0. The van der Waals surface area contributed by atoms with Crippen molar-refractivity contribution in [3.8, 4) is 11.5 Å². The number of rotatable bonds is 6. The molecule has 0 heterocycles. The molecule has 0 aliphatic carbocycles. The summed E-state index contributed by atoms with van der Waals surface area (Å²) in [5, 5.41) is 14.6. The first-order chi connectivity index (χ1) is 8.31. The fourth-order valence-corrected chi connectivity index (χ4v) is 1.22. The molecule has 0 aliphatic heterocycles. The first-order valence-electron chi connectivity index (χ1n) is 5.11. The van der Waals surface area contributed by atoms with Gasteiger partial charge in [-0.25, -0.2) is 0 Å². The lowest BCUT2D eigenvalue weighted by Crippen LogP contribution is -2.01. The highest BCUT2D eigenvalue weighted by Crippen LogP contribution is 2.28. The van der Waals surface area contributed by atoms with Crippen molar-refractivity contribution in [1.29, 1.82) is 10.8 Å². The summed E-state index contributed by atoms with van der Waals surface area (Å²) in [5.74, 6) is 1.36. The molecule has 0 unspecified atom stereocenters. The van der Waals surface area contributed by atoms with Gasteiger partial charge in [0.1, 0.15) is 11.5 Å². The molecule has 0 spiro atoms. The number of ether oxygens (including phenoxy) is 2. The number of amides is 1. The molecule has 18 heavy (non-hydrogen) atoms. The zero-order valence-electron chi connectivity index (χ0n) is 10.3. The molecule has 6 nitrogen and oxygen atoms in total. The highest BCUT2D eigenvalue weighted by Gasteiger charge is 2.04. The molecule has 7 heteroatoms. The van der Waals surface area contributed by atoms with Gasteiger partial charge in [0.05, 0.1) is 18.9 Å². The Morgan fingerprint density at radius 3 is 2.33 bits per heavy atom. The Bertz CT molecular complexity index is 372. The average molecular weight is 274 g/mol. The molecule has 0 aliphatic rings. The lowest BCUT2D eigenvalue weighted by molar-refractivity contribution is -0.105. The normalized spacial score (nSPS) is 8.00. The Labute approximate surface area is 112 Å². The number of carbonyl (C=O) groups excluding carboxylic acids is 1. The van der Waals surface area contributed by atoms with E-state index in [0.29, 0.717) is 36.8 Å². The summed E-state index contributed by atoms with van der Waals surface area (Å²) in [6.45, 7) is 4.94. The fourth-order valence-electron chi connectivity index (χ4n) is 1.22. The zero-order valence-corrected chi connectivity index (χ0v) is 11.1. The second-order valence-electron chi connectivity index (χ2n) is 2.79. The van der Waals surface area contributed by atoms with E-state index in [1.165, 1.54) is 0 Å². The number of hydrogen-bond donors (Lipinski definition) is 1. The number of carbonyl (C=O) groups is 1. The van der Waals surface area contributed by atoms with Gasteiger partial charge in [-0.1, -0.05) is 0 Å². The van der Waals surface area contributed by atoms with Crippen molar-refractivity contribution in [2.45, 2.75) is 13.8 Å². The second-order valence-corrected chi connectivity index (χ2v) is 2.79. The SMILES string of the molecule is CCOc1ccc(OCC)c(NC=O)c1.Cl.N#N. The van der Waals surface area contributed by atoms with E-state index in [9.17, 15) is 4.79 Å². The third-order valence-electron chi connectivity index (χ3n) is 1.78. The Hall–Kier alpha value is -2.00. The van der Waals surface area contributed by atoms with Crippen molar-refractivity contribution >= 4 is 24.5 Å². The van der Waals surface area contributed by atoms with Crippen molar-refractivity contribution in [2.24, 2.45) is 0 Å².